The minimum Gasteiger partial charge on any atom is -0.481 e. The van der Waals surface area contributed by atoms with Crippen molar-refractivity contribution >= 4 is 12.1 Å². The molecule has 0 radical (unpaired) electrons. The van der Waals surface area contributed by atoms with Gasteiger partial charge in [-0.05, 0) is 34.6 Å². The Kier molecular flexibility index (Phi) is 5.27. The van der Waals surface area contributed by atoms with Crippen molar-refractivity contribution in [2.75, 3.05) is 6.54 Å². The van der Waals surface area contributed by atoms with Crippen molar-refractivity contribution < 1.29 is 19.4 Å². The normalized spacial score (nSPS) is 13.1. The number of ether oxygens (including phenoxy) is 1. The zero-order valence-corrected chi connectivity index (χ0v) is 10.6. The Balaban J connectivity index is 4.48. The molecule has 0 spiro atoms. The van der Waals surface area contributed by atoms with Crippen molar-refractivity contribution in [3.8, 4) is 0 Å². The minimum absolute atomic E-state index is 0.0763. The highest BCUT2D eigenvalue weighted by molar-refractivity contribution is 5.71. The molecule has 0 fully saturated rings. The molecule has 94 valence electrons. The number of carboxylic acids is 1. The number of aliphatic carboxylic acids is 1. The second kappa shape index (κ2) is 5.72. The third-order valence-electron chi connectivity index (χ3n) is 1.97. The van der Waals surface area contributed by atoms with E-state index in [1.165, 1.54) is 4.90 Å². The van der Waals surface area contributed by atoms with Crippen molar-refractivity contribution in [2.24, 2.45) is 0 Å². The molecular formula is C11H21NO4. The topological polar surface area (TPSA) is 66.8 Å². The molecule has 0 bridgehead atoms. The molecule has 0 saturated heterocycles. The number of carbonyl (C=O) groups excluding carboxylic acids is 1. The van der Waals surface area contributed by atoms with Crippen LogP contribution in [-0.2, 0) is 9.53 Å². The van der Waals surface area contributed by atoms with Gasteiger partial charge in [-0.2, -0.15) is 0 Å². The van der Waals surface area contributed by atoms with E-state index in [2.05, 4.69) is 0 Å². The van der Waals surface area contributed by atoms with Gasteiger partial charge in [0.05, 0.1) is 6.42 Å². The molecule has 5 nitrogen and oxygen atoms in total. The highest BCUT2D eigenvalue weighted by Gasteiger charge is 2.25. The van der Waals surface area contributed by atoms with Crippen LogP contribution in [-0.4, -0.2) is 40.3 Å². The summed E-state index contributed by atoms with van der Waals surface area (Å²) < 4.78 is 5.19. The molecule has 0 rings (SSSR count). The highest BCUT2D eigenvalue weighted by atomic mass is 16.6. The predicted octanol–water partition coefficient (Wildman–Crippen LogP) is 2.11. The molecule has 1 N–H and O–H groups in total. The average Bonchev–Trinajstić information content (AvgIpc) is 1.99. The Morgan fingerprint density at radius 1 is 1.38 bits per heavy atom. The number of carbonyl (C=O) groups is 2. The van der Waals surface area contributed by atoms with Gasteiger partial charge in [0.2, 0.25) is 0 Å². The summed E-state index contributed by atoms with van der Waals surface area (Å²) in [7, 11) is 0. The maximum absolute atomic E-state index is 11.7. The van der Waals surface area contributed by atoms with Crippen LogP contribution >= 0.6 is 0 Å². The lowest BCUT2D eigenvalue weighted by molar-refractivity contribution is -0.138. The van der Waals surface area contributed by atoms with Crippen LogP contribution in [0.15, 0.2) is 0 Å². The minimum atomic E-state index is -0.922. The Morgan fingerprint density at radius 2 is 1.88 bits per heavy atom. The van der Waals surface area contributed by atoms with Crippen molar-refractivity contribution in [3.63, 3.8) is 0 Å². The molecule has 0 aromatic rings. The van der Waals surface area contributed by atoms with E-state index in [4.69, 9.17) is 9.84 Å². The molecule has 0 aliphatic carbocycles. The number of hydrogen-bond donors (Lipinski definition) is 1. The number of nitrogens with zero attached hydrogens (tertiary/aromatic N) is 1. The number of rotatable bonds is 4. The summed E-state index contributed by atoms with van der Waals surface area (Å²) in [6.07, 6.45) is -0.545. The van der Waals surface area contributed by atoms with Crippen molar-refractivity contribution in [1.82, 2.24) is 4.90 Å². The fourth-order valence-corrected chi connectivity index (χ4v) is 1.30. The number of carboxylic acid groups (broad SMARTS) is 1. The molecule has 1 atom stereocenters. The molecule has 0 aliphatic rings. The van der Waals surface area contributed by atoms with Crippen LogP contribution in [0, 0.1) is 0 Å². The van der Waals surface area contributed by atoms with Crippen LogP contribution in [0.25, 0.3) is 0 Å². The average molecular weight is 231 g/mol. The molecule has 5 heteroatoms. The van der Waals surface area contributed by atoms with Gasteiger partial charge >= 0.3 is 12.1 Å². The van der Waals surface area contributed by atoms with E-state index in [0.717, 1.165) is 0 Å². The quantitative estimate of drug-likeness (QED) is 0.804. The largest absolute Gasteiger partial charge is 0.481 e. The molecule has 0 heterocycles. The lowest BCUT2D eigenvalue weighted by atomic mass is 10.2. The Labute approximate surface area is 96.4 Å². The molecule has 0 saturated carbocycles. The molecule has 1 amide bonds. The summed E-state index contributed by atoms with van der Waals surface area (Å²) in [4.78, 5) is 23.7. The number of hydrogen-bond acceptors (Lipinski definition) is 3. The first kappa shape index (κ1) is 14.7. The first-order valence-electron chi connectivity index (χ1n) is 5.38. The first-order valence-corrected chi connectivity index (χ1v) is 5.38. The van der Waals surface area contributed by atoms with E-state index in [1.807, 2.05) is 0 Å². The summed E-state index contributed by atoms with van der Waals surface area (Å²) in [5, 5.41) is 8.66. The van der Waals surface area contributed by atoms with Crippen LogP contribution in [0.5, 0.6) is 0 Å². The van der Waals surface area contributed by atoms with Crippen molar-refractivity contribution in [2.45, 2.75) is 52.7 Å². The molecule has 16 heavy (non-hydrogen) atoms. The van der Waals surface area contributed by atoms with Crippen molar-refractivity contribution in [3.05, 3.63) is 0 Å². The van der Waals surface area contributed by atoms with Crippen molar-refractivity contribution in [1.29, 1.82) is 0 Å². The second-order valence-corrected chi connectivity index (χ2v) is 4.71. The molecule has 1 unspecified atom stereocenters. The van der Waals surface area contributed by atoms with E-state index in [9.17, 15) is 9.59 Å². The zero-order valence-electron chi connectivity index (χ0n) is 10.6. The SMILES string of the molecule is CCN(C(=O)OC(C)(C)C)C(C)CC(=O)O. The standard InChI is InChI=1S/C11H21NO4/c1-6-12(8(2)7-9(13)14)10(15)16-11(3,4)5/h8H,6-7H2,1-5H3,(H,13,14). The van der Waals surface area contributed by atoms with E-state index in [0.29, 0.717) is 6.54 Å². The lowest BCUT2D eigenvalue weighted by Crippen LogP contribution is -2.42. The second-order valence-electron chi connectivity index (χ2n) is 4.71. The smallest absolute Gasteiger partial charge is 0.410 e. The zero-order chi connectivity index (χ0) is 12.9. The third kappa shape index (κ3) is 5.58. The van der Waals surface area contributed by atoms with Gasteiger partial charge in [0, 0.05) is 12.6 Å². The molecular weight excluding hydrogens is 210 g/mol. The monoisotopic (exact) mass is 231 g/mol. The van der Waals surface area contributed by atoms with Gasteiger partial charge < -0.3 is 14.7 Å². The molecule has 0 aromatic heterocycles. The third-order valence-corrected chi connectivity index (χ3v) is 1.97. The van der Waals surface area contributed by atoms with Crippen LogP contribution < -0.4 is 0 Å². The molecule has 0 aliphatic heterocycles. The predicted molar refractivity (Wildman–Crippen MR) is 60.3 cm³/mol. The lowest BCUT2D eigenvalue weighted by Gasteiger charge is -2.30. The summed E-state index contributed by atoms with van der Waals surface area (Å²) in [5.41, 5.74) is -0.562. The van der Waals surface area contributed by atoms with Gasteiger partial charge in [-0.1, -0.05) is 0 Å². The summed E-state index contributed by atoms with van der Waals surface area (Å²) in [6, 6.07) is -0.364. The molecule has 0 aromatic carbocycles. The van der Waals surface area contributed by atoms with E-state index < -0.39 is 17.7 Å². The fourth-order valence-electron chi connectivity index (χ4n) is 1.30. The fraction of sp³-hybridized carbons (Fsp3) is 0.818. The van der Waals surface area contributed by atoms with Gasteiger partial charge in [0.15, 0.2) is 0 Å². The summed E-state index contributed by atoms with van der Waals surface area (Å²) >= 11 is 0. The number of amides is 1. The van der Waals surface area contributed by atoms with Crippen LogP contribution in [0.4, 0.5) is 4.79 Å². The Hall–Kier alpha value is -1.26. The van der Waals surface area contributed by atoms with E-state index >= 15 is 0 Å². The van der Waals surface area contributed by atoms with Gasteiger partial charge in [0.25, 0.3) is 0 Å². The first-order chi connectivity index (χ1) is 7.17. The van der Waals surface area contributed by atoms with Gasteiger partial charge in [-0.15, -0.1) is 0 Å². The Bertz CT molecular complexity index is 257. The van der Waals surface area contributed by atoms with Gasteiger partial charge in [0.1, 0.15) is 5.60 Å². The summed E-state index contributed by atoms with van der Waals surface area (Å²) in [6.45, 7) is 9.26. The van der Waals surface area contributed by atoms with Crippen LogP contribution in [0.1, 0.15) is 41.0 Å². The van der Waals surface area contributed by atoms with Crippen LogP contribution in [0.2, 0.25) is 0 Å². The van der Waals surface area contributed by atoms with Gasteiger partial charge in [-0.25, -0.2) is 4.79 Å². The maximum Gasteiger partial charge on any atom is 0.410 e. The maximum atomic E-state index is 11.7. The summed E-state index contributed by atoms with van der Waals surface area (Å²) in [5.74, 6) is -0.922. The van der Waals surface area contributed by atoms with E-state index in [1.54, 1.807) is 34.6 Å². The van der Waals surface area contributed by atoms with E-state index in [-0.39, 0.29) is 12.5 Å². The highest BCUT2D eigenvalue weighted by Crippen LogP contribution is 2.13. The van der Waals surface area contributed by atoms with Gasteiger partial charge in [-0.3, -0.25) is 4.79 Å². The Morgan fingerprint density at radius 3 is 2.19 bits per heavy atom. The van der Waals surface area contributed by atoms with Crippen LogP contribution in [0.3, 0.4) is 0 Å².